The van der Waals surface area contributed by atoms with Crippen LogP contribution in [-0.4, -0.2) is 36.7 Å². The number of methoxy groups -OCH3 is 1. The van der Waals surface area contributed by atoms with Crippen molar-refractivity contribution < 1.29 is 19.4 Å². The van der Waals surface area contributed by atoms with Gasteiger partial charge in [-0.15, -0.1) is 0 Å². The van der Waals surface area contributed by atoms with Crippen LogP contribution in [0.15, 0.2) is 24.3 Å². The van der Waals surface area contributed by atoms with Gasteiger partial charge < -0.3 is 20.9 Å². The van der Waals surface area contributed by atoms with E-state index >= 15 is 0 Å². The van der Waals surface area contributed by atoms with E-state index in [1.807, 2.05) is 38.1 Å². The first-order chi connectivity index (χ1) is 11.3. The number of hydrogen-bond acceptors (Lipinski definition) is 4. The number of hydrogen-bond donors (Lipinski definition) is 3. The van der Waals surface area contributed by atoms with E-state index < -0.39 is 12.0 Å². The number of benzene rings is 1. The fourth-order valence-corrected chi connectivity index (χ4v) is 2.73. The molecule has 0 aliphatic rings. The van der Waals surface area contributed by atoms with Crippen LogP contribution in [0.3, 0.4) is 0 Å². The maximum absolute atomic E-state index is 12.2. The van der Waals surface area contributed by atoms with E-state index in [1.54, 1.807) is 7.11 Å². The number of nitrogens with one attached hydrogen (secondary N) is 1. The van der Waals surface area contributed by atoms with Crippen molar-refractivity contribution in [1.82, 2.24) is 5.32 Å². The van der Waals surface area contributed by atoms with E-state index in [0.717, 1.165) is 12.0 Å². The maximum atomic E-state index is 12.2. The zero-order chi connectivity index (χ0) is 18.1. The highest BCUT2D eigenvalue weighted by molar-refractivity contribution is 5.82. The first kappa shape index (κ1) is 20.0. The van der Waals surface area contributed by atoms with Gasteiger partial charge in [0.15, 0.2) is 0 Å². The zero-order valence-electron chi connectivity index (χ0n) is 14.6. The molecule has 1 aromatic carbocycles. The van der Waals surface area contributed by atoms with Gasteiger partial charge in [-0.1, -0.05) is 32.0 Å². The lowest BCUT2D eigenvalue weighted by Crippen LogP contribution is -2.44. The van der Waals surface area contributed by atoms with E-state index in [1.165, 1.54) is 0 Å². The fraction of sp³-hybridized carbons (Fsp3) is 0.556. The second-order valence-corrected chi connectivity index (χ2v) is 6.46. The van der Waals surface area contributed by atoms with Crippen LogP contribution >= 0.6 is 0 Å². The Balaban J connectivity index is 2.57. The zero-order valence-corrected chi connectivity index (χ0v) is 14.6. The van der Waals surface area contributed by atoms with Crippen molar-refractivity contribution in [1.29, 1.82) is 0 Å². The van der Waals surface area contributed by atoms with E-state index in [9.17, 15) is 9.59 Å². The van der Waals surface area contributed by atoms with Gasteiger partial charge in [-0.25, -0.2) is 0 Å². The topological polar surface area (TPSA) is 102 Å². The van der Waals surface area contributed by atoms with Gasteiger partial charge in [0.25, 0.3) is 0 Å². The predicted molar refractivity (Wildman–Crippen MR) is 92.9 cm³/mol. The summed E-state index contributed by atoms with van der Waals surface area (Å²) in [5, 5.41) is 11.8. The van der Waals surface area contributed by atoms with Crippen LogP contribution in [-0.2, 0) is 16.0 Å². The van der Waals surface area contributed by atoms with Gasteiger partial charge in [-0.3, -0.25) is 9.59 Å². The molecular weight excluding hydrogens is 308 g/mol. The number of ether oxygens (including phenoxy) is 1. The molecule has 0 fully saturated rings. The van der Waals surface area contributed by atoms with Crippen LogP contribution in [0.5, 0.6) is 5.75 Å². The minimum absolute atomic E-state index is 0.0419. The SMILES string of the molecule is COc1ccccc1C[C@@H](N)C(=O)NC[C@H](CC(=O)O)CC(C)C. The minimum atomic E-state index is -0.854. The third kappa shape index (κ3) is 7.00. The molecule has 1 aromatic rings. The Bertz CT molecular complexity index is 546. The van der Waals surface area contributed by atoms with Gasteiger partial charge in [0, 0.05) is 19.4 Å². The number of carboxylic acids is 1. The molecule has 6 nitrogen and oxygen atoms in total. The van der Waals surface area contributed by atoms with Crippen molar-refractivity contribution in [3.05, 3.63) is 29.8 Å². The highest BCUT2D eigenvalue weighted by atomic mass is 16.5. The summed E-state index contributed by atoms with van der Waals surface area (Å²) in [4.78, 5) is 23.1. The van der Waals surface area contributed by atoms with Crippen LogP contribution in [0.2, 0.25) is 0 Å². The third-order valence-corrected chi connectivity index (χ3v) is 3.80. The molecule has 1 amide bonds. The maximum Gasteiger partial charge on any atom is 0.303 e. The van der Waals surface area contributed by atoms with E-state index in [4.69, 9.17) is 15.6 Å². The van der Waals surface area contributed by atoms with Gasteiger partial charge >= 0.3 is 5.97 Å². The molecule has 0 aliphatic carbocycles. The second-order valence-electron chi connectivity index (χ2n) is 6.46. The molecule has 6 heteroatoms. The van der Waals surface area contributed by atoms with Crippen molar-refractivity contribution in [2.45, 2.75) is 39.2 Å². The lowest BCUT2D eigenvalue weighted by Gasteiger charge is -2.20. The average Bonchev–Trinajstić information content (AvgIpc) is 2.51. The van der Waals surface area contributed by atoms with Crippen LogP contribution < -0.4 is 15.8 Å². The van der Waals surface area contributed by atoms with Crippen LogP contribution in [0, 0.1) is 11.8 Å². The molecule has 0 radical (unpaired) electrons. The predicted octanol–water partition coefficient (Wildman–Crippen LogP) is 1.82. The molecule has 1 rings (SSSR count). The monoisotopic (exact) mass is 336 g/mol. The normalized spacial score (nSPS) is 13.4. The molecule has 0 unspecified atom stereocenters. The van der Waals surface area contributed by atoms with Crippen molar-refractivity contribution in [2.24, 2.45) is 17.6 Å². The van der Waals surface area contributed by atoms with Gasteiger partial charge in [0.1, 0.15) is 5.75 Å². The number of carbonyl (C=O) groups excluding carboxylic acids is 1. The quantitative estimate of drug-likeness (QED) is 0.605. The summed E-state index contributed by atoms with van der Waals surface area (Å²) in [7, 11) is 1.58. The molecule has 134 valence electrons. The Morgan fingerprint density at radius 2 is 1.96 bits per heavy atom. The number of aliphatic carboxylic acids is 1. The average molecular weight is 336 g/mol. The molecule has 24 heavy (non-hydrogen) atoms. The molecule has 0 aromatic heterocycles. The van der Waals surface area contributed by atoms with Crippen LogP contribution in [0.4, 0.5) is 0 Å². The first-order valence-electron chi connectivity index (χ1n) is 8.20. The Morgan fingerprint density at radius 1 is 1.29 bits per heavy atom. The third-order valence-electron chi connectivity index (χ3n) is 3.80. The Hall–Kier alpha value is -2.08. The Morgan fingerprint density at radius 3 is 2.54 bits per heavy atom. The first-order valence-corrected chi connectivity index (χ1v) is 8.20. The number of nitrogens with two attached hydrogens (primary N) is 1. The van der Waals surface area contributed by atoms with E-state index in [0.29, 0.717) is 24.6 Å². The summed E-state index contributed by atoms with van der Waals surface area (Å²) in [6.07, 6.45) is 1.15. The summed E-state index contributed by atoms with van der Waals surface area (Å²) in [6, 6.07) is 6.72. The number of carbonyl (C=O) groups is 2. The fourth-order valence-electron chi connectivity index (χ4n) is 2.73. The van der Waals surface area contributed by atoms with E-state index in [-0.39, 0.29) is 18.2 Å². The molecule has 0 bridgehead atoms. The van der Waals surface area contributed by atoms with Crippen molar-refractivity contribution in [3.8, 4) is 5.75 Å². The molecule has 4 N–H and O–H groups in total. The number of para-hydroxylation sites is 1. The highest BCUT2D eigenvalue weighted by Gasteiger charge is 2.20. The van der Waals surface area contributed by atoms with Crippen molar-refractivity contribution in [3.63, 3.8) is 0 Å². The number of amides is 1. The van der Waals surface area contributed by atoms with Crippen LogP contribution in [0.25, 0.3) is 0 Å². The lowest BCUT2D eigenvalue weighted by molar-refractivity contribution is -0.138. The smallest absolute Gasteiger partial charge is 0.303 e. The molecule has 0 saturated carbocycles. The van der Waals surface area contributed by atoms with Gasteiger partial charge in [0.05, 0.1) is 13.2 Å². The van der Waals surface area contributed by atoms with Gasteiger partial charge in [0.2, 0.25) is 5.91 Å². The molecule has 0 spiro atoms. The molecular formula is C18H28N2O4. The van der Waals surface area contributed by atoms with Gasteiger partial charge in [-0.05, 0) is 29.9 Å². The summed E-state index contributed by atoms with van der Waals surface area (Å²) in [6.45, 7) is 4.39. The summed E-state index contributed by atoms with van der Waals surface area (Å²) in [5.41, 5.74) is 6.85. The standard InChI is InChI=1S/C18H28N2O4/c1-12(2)8-13(9-17(21)22)11-20-18(23)15(19)10-14-6-4-5-7-16(14)24-3/h4-7,12-13,15H,8-11,19H2,1-3H3,(H,20,23)(H,21,22)/t13-,15+/m0/s1. The number of rotatable bonds is 10. The molecule has 0 heterocycles. The largest absolute Gasteiger partial charge is 0.496 e. The summed E-state index contributed by atoms with van der Waals surface area (Å²) in [5.74, 6) is -0.156. The summed E-state index contributed by atoms with van der Waals surface area (Å²) >= 11 is 0. The Labute approximate surface area is 143 Å². The van der Waals surface area contributed by atoms with Crippen molar-refractivity contribution in [2.75, 3.05) is 13.7 Å². The minimum Gasteiger partial charge on any atom is -0.496 e. The highest BCUT2D eigenvalue weighted by Crippen LogP contribution is 2.19. The van der Waals surface area contributed by atoms with Crippen LogP contribution in [0.1, 0.15) is 32.3 Å². The summed E-state index contributed by atoms with van der Waals surface area (Å²) < 4.78 is 5.26. The van der Waals surface area contributed by atoms with Crippen molar-refractivity contribution >= 4 is 11.9 Å². The lowest BCUT2D eigenvalue weighted by atomic mass is 9.94. The Kier molecular flexibility index (Phi) is 8.26. The second kappa shape index (κ2) is 9.93. The molecule has 0 saturated heterocycles. The molecule has 0 aliphatic heterocycles. The molecule has 2 atom stereocenters. The van der Waals surface area contributed by atoms with E-state index in [2.05, 4.69) is 5.32 Å². The van der Waals surface area contributed by atoms with Gasteiger partial charge in [-0.2, -0.15) is 0 Å². The number of carboxylic acid groups (broad SMARTS) is 1.